The third kappa shape index (κ3) is 8.41. The van der Waals surface area contributed by atoms with Crippen LogP contribution in [0.2, 0.25) is 5.02 Å². The van der Waals surface area contributed by atoms with Gasteiger partial charge in [-0.15, -0.1) is 0 Å². The van der Waals surface area contributed by atoms with Crippen LogP contribution in [0, 0.1) is 7.43 Å². The summed E-state index contributed by atoms with van der Waals surface area (Å²) in [4.78, 5) is 29.3. The predicted molar refractivity (Wildman–Crippen MR) is 103 cm³/mol. The van der Waals surface area contributed by atoms with Gasteiger partial charge in [0.2, 0.25) is 5.88 Å². The van der Waals surface area contributed by atoms with Crippen molar-refractivity contribution in [1.82, 2.24) is 9.88 Å². The van der Waals surface area contributed by atoms with Gasteiger partial charge in [0.1, 0.15) is 17.7 Å². The summed E-state index contributed by atoms with van der Waals surface area (Å²) in [6.07, 6.45) is 3.86. The van der Waals surface area contributed by atoms with Crippen molar-refractivity contribution in [3.05, 3.63) is 30.3 Å². The molecular weight excluding hydrogens is 505 g/mol. The first-order valence-electron chi connectivity index (χ1n) is 8.56. The summed E-state index contributed by atoms with van der Waals surface area (Å²) in [5, 5.41) is 9.99. The average Bonchev–Trinajstić information content (AvgIpc) is 2.47. The van der Waals surface area contributed by atoms with Crippen LogP contribution in [-0.2, 0) is 16.0 Å². The number of pyridine rings is 1. The van der Waals surface area contributed by atoms with Crippen molar-refractivity contribution in [2.24, 2.45) is 0 Å². The summed E-state index contributed by atoms with van der Waals surface area (Å²) in [7, 11) is 1.40. The van der Waals surface area contributed by atoms with Crippen LogP contribution in [0.1, 0.15) is 45.6 Å². The van der Waals surface area contributed by atoms with Crippen LogP contribution in [0.3, 0.4) is 0 Å². The van der Waals surface area contributed by atoms with Crippen LogP contribution in [0.15, 0.2) is 12.3 Å². The molecule has 0 saturated heterocycles. The zero-order chi connectivity index (χ0) is 19.5. The second-order valence-electron chi connectivity index (χ2n) is 7.44. The fraction of sp³-hybridized carbons (Fsp3) is 0.579. The minimum atomic E-state index is -1.15. The van der Waals surface area contributed by atoms with E-state index in [1.54, 1.807) is 26.8 Å². The van der Waals surface area contributed by atoms with Gasteiger partial charge in [0.15, 0.2) is 0 Å². The van der Waals surface area contributed by atoms with Crippen molar-refractivity contribution >= 4 is 23.7 Å². The molecule has 1 N–H and O–H groups in total. The molecule has 0 bridgehead atoms. The topological polar surface area (TPSA) is 89.0 Å². The van der Waals surface area contributed by atoms with Crippen LogP contribution >= 0.6 is 11.6 Å². The minimum absolute atomic E-state index is 0. The molecule has 1 saturated carbocycles. The van der Waals surface area contributed by atoms with Gasteiger partial charge in [-0.3, -0.25) is 4.90 Å². The Morgan fingerprint density at radius 2 is 2.00 bits per heavy atom. The van der Waals surface area contributed by atoms with Gasteiger partial charge in [-0.1, -0.05) is 11.6 Å². The fourth-order valence-corrected chi connectivity index (χ4v) is 2.61. The van der Waals surface area contributed by atoms with Gasteiger partial charge in [-0.25, -0.2) is 14.6 Å². The molecule has 0 radical (unpaired) electrons. The summed E-state index contributed by atoms with van der Waals surface area (Å²) in [6, 6.07) is 0.496. The van der Waals surface area contributed by atoms with E-state index in [0.717, 1.165) is 24.2 Å². The fourth-order valence-electron chi connectivity index (χ4n) is 2.43. The normalized spacial score (nSPS) is 14.6. The van der Waals surface area contributed by atoms with E-state index >= 15 is 0 Å². The summed E-state index contributed by atoms with van der Waals surface area (Å²) in [5.41, 5.74) is -0.169. The maximum Gasteiger partial charge on any atom is 1.00 e. The SMILES string of the molecule is CN(C(=O)OC(C)(C)C)C(Cc1cc(Cl)cnc1OC1CCC1)C(=O)O.[CH3-].[Cs+]. The van der Waals surface area contributed by atoms with E-state index in [0.29, 0.717) is 16.5 Å². The third-order valence-electron chi connectivity index (χ3n) is 4.07. The van der Waals surface area contributed by atoms with E-state index in [-0.39, 0.29) is 88.8 Å². The Labute approximate surface area is 230 Å². The van der Waals surface area contributed by atoms with Crippen LogP contribution in [-0.4, -0.2) is 51.8 Å². The number of hydrogen-bond donors (Lipinski definition) is 1. The number of carbonyl (C=O) groups excluding carboxylic acids is 1. The van der Waals surface area contributed by atoms with Crippen LogP contribution in [0.25, 0.3) is 0 Å². The van der Waals surface area contributed by atoms with E-state index in [4.69, 9.17) is 21.1 Å². The molecular formula is C19H28ClCsN2O5. The molecule has 1 atom stereocenters. The van der Waals surface area contributed by atoms with Gasteiger partial charge in [-0.2, -0.15) is 0 Å². The Bertz CT molecular complexity index is 677. The Hall–Kier alpha value is 0.0319. The van der Waals surface area contributed by atoms with Gasteiger partial charge >= 0.3 is 81.0 Å². The molecule has 1 unspecified atom stereocenters. The van der Waals surface area contributed by atoms with Crippen molar-refractivity contribution < 1.29 is 93.1 Å². The van der Waals surface area contributed by atoms with E-state index in [1.165, 1.54) is 13.2 Å². The van der Waals surface area contributed by atoms with Gasteiger partial charge < -0.3 is 22.0 Å². The van der Waals surface area contributed by atoms with E-state index < -0.39 is 23.7 Å². The molecule has 152 valence electrons. The van der Waals surface area contributed by atoms with Gasteiger partial charge in [0, 0.05) is 25.2 Å². The monoisotopic (exact) mass is 532 g/mol. The molecule has 1 heterocycles. The maximum absolute atomic E-state index is 12.2. The Balaban J connectivity index is 0.00000364. The molecule has 9 heteroatoms. The first-order chi connectivity index (χ1) is 12.1. The summed E-state index contributed by atoms with van der Waals surface area (Å²) >= 11 is 6.02. The van der Waals surface area contributed by atoms with Gasteiger partial charge in [-0.05, 0) is 46.1 Å². The second kappa shape index (κ2) is 12.0. The Morgan fingerprint density at radius 1 is 1.39 bits per heavy atom. The number of nitrogens with zero attached hydrogens (tertiary/aromatic N) is 2. The molecule has 1 aromatic rings. The number of amides is 1. The number of hydrogen-bond acceptors (Lipinski definition) is 5. The summed E-state index contributed by atoms with van der Waals surface area (Å²) in [5.74, 6) is -0.782. The van der Waals surface area contributed by atoms with Crippen LogP contribution in [0.4, 0.5) is 4.79 Å². The molecule has 0 spiro atoms. The number of rotatable bonds is 6. The number of aliphatic carboxylic acids is 1. The van der Waals surface area contributed by atoms with Crippen molar-refractivity contribution in [3.63, 3.8) is 0 Å². The van der Waals surface area contributed by atoms with Crippen molar-refractivity contribution in [2.45, 2.75) is 64.2 Å². The largest absolute Gasteiger partial charge is 1.00 e. The predicted octanol–water partition coefficient (Wildman–Crippen LogP) is 0.983. The number of likely N-dealkylation sites (N-methyl/N-ethyl adjacent to an activating group) is 1. The molecule has 1 fully saturated rings. The number of carboxylic acids is 1. The number of aromatic nitrogens is 1. The summed E-state index contributed by atoms with van der Waals surface area (Å²) < 4.78 is 11.1. The van der Waals surface area contributed by atoms with Gasteiger partial charge in [0.25, 0.3) is 0 Å². The standard InChI is InChI=1S/C18H25ClN2O5.CH3.Cs/c1-18(2,3)26-17(24)21(4)14(16(22)23)9-11-8-12(19)10-20-15(11)25-13-6-5-7-13;;/h8,10,13-14H,5-7,9H2,1-4H3,(H,22,23);1H3;/q;-1;+1. The smallest absolute Gasteiger partial charge is 0.480 e. The quantitative estimate of drug-likeness (QED) is 0.550. The summed E-state index contributed by atoms with van der Waals surface area (Å²) in [6.45, 7) is 5.17. The first-order valence-corrected chi connectivity index (χ1v) is 8.94. The molecule has 0 aromatic carbocycles. The van der Waals surface area contributed by atoms with E-state index in [2.05, 4.69) is 4.98 Å². The number of halogens is 1. The van der Waals surface area contributed by atoms with Crippen molar-refractivity contribution in [3.8, 4) is 5.88 Å². The van der Waals surface area contributed by atoms with E-state index in [9.17, 15) is 14.7 Å². The van der Waals surface area contributed by atoms with Gasteiger partial charge in [0.05, 0.1) is 5.02 Å². The van der Waals surface area contributed by atoms with E-state index in [1.807, 2.05) is 0 Å². The molecule has 28 heavy (non-hydrogen) atoms. The molecule has 1 aromatic heterocycles. The van der Waals surface area contributed by atoms with Crippen LogP contribution < -0.4 is 73.6 Å². The zero-order valence-corrected chi connectivity index (χ0v) is 24.5. The third-order valence-corrected chi connectivity index (χ3v) is 4.28. The Kier molecular flexibility index (Phi) is 12.0. The maximum atomic E-state index is 12.2. The zero-order valence-electron chi connectivity index (χ0n) is 17.5. The van der Waals surface area contributed by atoms with Crippen molar-refractivity contribution in [1.29, 1.82) is 0 Å². The first kappa shape index (κ1) is 28.0. The second-order valence-corrected chi connectivity index (χ2v) is 7.87. The number of carboxylic acid groups (broad SMARTS) is 1. The molecule has 1 aliphatic rings. The molecule has 1 aliphatic carbocycles. The molecule has 7 nitrogen and oxygen atoms in total. The Morgan fingerprint density at radius 3 is 2.46 bits per heavy atom. The molecule has 0 aliphatic heterocycles. The number of carbonyl (C=O) groups is 2. The van der Waals surface area contributed by atoms with Crippen LogP contribution in [0.5, 0.6) is 5.88 Å². The van der Waals surface area contributed by atoms with Crippen molar-refractivity contribution in [2.75, 3.05) is 7.05 Å². The molecule has 2 rings (SSSR count). The molecule has 1 amide bonds. The average molecular weight is 533 g/mol. The minimum Gasteiger partial charge on any atom is -0.480 e. The number of ether oxygens (including phenoxy) is 2.